The molecule has 1 nitrogen and oxygen atoms in total. The van der Waals surface area contributed by atoms with Crippen LogP contribution in [0.2, 0.25) is 0 Å². The summed E-state index contributed by atoms with van der Waals surface area (Å²) in [5, 5.41) is 0.431. The van der Waals surface area contributed by atoms with E-state index in [-0.39, 0.29) is 10.6 Å². The molecule has 1 aromatic heterocycles. The van der Waals surface area contributed by atoms with Crippen molar-refractivity contribution in [3.63, 3.8) is 0 Å². The normalized spacial score (nSPS) is 14.7. The lowest BCUT2D eigenvalue weighted by Crippen LogP contribution is -2.20. The van der Waals surface area contributed by atoms with Crippen LogP contribution in [-0.4, -0.2) is 4.98 Å². The van der Waals surface area contributed by atoms with Gasteiger partial charge in [0.05, 0.1) is 11.7 Å². The maximum absolute atomic E-state index is 11.9. The molecule has 0 aromatic carbocycles. The molecule has 0 saturated heterocycles. The lowest BCUT2D eigenvalue weighted by molar-refractivity contribution is 0.783. The molecule has 3 heteroatoms. The SMILES string of the molecule is Cc1cc(=C\F)/c(=C/F)[nH]1. The molecule has 0 saturated carbocycles. The Balaban J connectivity index is 3.53. The summed E-state index contributed by atoms with van der Waals surface area (Å²) >= 11 is 0. The molecular formula is C7H7F2N. The Kier molecular flexibility index (Phi) is 1.85. The minimum Gasteiger partial charge on any atom is -0.357 e. The van der Waals surface area contributed by atoms with Crippen molar-refractivity contribution >= 4 is 12.7 Å². The van der Waals surface area contributed by atoms with E-state index in [9.17, 15) is 8.78 Å². The number of nitrogens with one attached hydrogen (secondary N) is 1. The molecule has 0 unspecified atom stereocenters. The van der Waals surface area contributed by atoms with Gasteiger partial charge >= 0.3 is 0 Å². The van der Waals surface area contributed by atoms with Gasteiger partial charge in [0.25, 0.3) is 0 Å². The molecule has 10 heavy (non-hydrogen) atoms. The average molecular weight is 143 g/mol. The van der Waals surface area contributed by atoms with E-state index in [1.165, 1.54) is 6.07 Å². The van der Waals surface area contributed by atoms with Crippen LogP contribution in [-0.2, 0) is 0 Å². The summed E-state index contributed by atoms with van der Waals surface area (Å²) in [4.78, 5) is 2.64. The molecule has 0 fully saturated rings. The molecule has 0 amide bonds. The number of hydrogen-bond donors (Lipinski definition) is 1. The quantitative estimate of drug-likeness (QED) is 0.551. The molecule has 0 aliphatic carbocycles. The Morgan fingerprint density at radius 2 is 2.10 bits per heavy atom. The fraction of sp³-hybridized carbons (Fsp3) is 0.143. The molecular weight excluding hydrogens is 136 g/mol. The Morgan fingerprint density at radius 1 is 1.40 bits per heavy atom. The third-order valence-corrected chi connectivity index (χ3v) is 1.24. The van der Waals surface area contributed by atoms with Crippen molar-refractivity contribution in [3.8, 4) is 0 Å². The molecule has 0 bridgehead atoms. The Morgan fingerprint density at radius 3 is 2.50 bits per heavy atom. The molecule has 0 spiro atoms. The number of aryl methyl sites for hydroxylation is 1. The first-order valence-electron chi connectivity index (χ1n) is 2.84. The first-order chi connectivity index (χ1) is 4.77. The Bertz CT molecular complexity index is 292. The second-order valence-corrected chi connectivity index (χ2v) is 2.04. The summed E-state index contributed by atoms with van der Waals surface area (Å²) in [6.45, 7) is 1.74. The largest absolute Gasteiger partial charge is 0.357 e. The van der Waals surface area contributed by atoms with Gasteiger partial charge in [-0.1, -0.05) is 0 Å². The lowest BCUT2D eigenvalue weighted by Gasteiger charge is -1.73. The van der Waals surface area contributed by atoms with Crippen molar-refractivity contribution in [1.29, 1.82) is 0 Å². The summed E-state index contributed by atoms with van der Waals surface area (Å²) in [6.07, 6.45) is 0.716. The molecule has 0 radical (unpaired) electrons. The highest BCUT2D eigenvalue weighted by Crippen LogP contribution is 1.79. The van der Waals surface area contributed by atoms with Crippen LogP contribution in [0.3, 0.4) is 0 Å². The predicted octanol–water partition coefficient (Wildman–Crippen LogP) is 0.738. The zero-order valence-electron chi connectivity index (χ0n) is 5.49. The van der Waals surface area contributed by atoms with Crippen molar-refractivity contribution in [2.24, 2.45) is 0 Å². The Hall–Kier alpha value is -1.12. The van der Waals surface area contributed by atoms with E-state index in [0.717, 1.165) is 5.69 Å². The van der Waals surface area contributed by atoms with E-state index in [4.69, 9.17) is 0 Å². The highest BCUT2D eigenvalue weighted by Gasteiger charge is 1.89. The second-order valence-electron chi connectivity index (χ2n) is 2.04. The first kappa shape index (κ1) is 6.99. The lowest BCUT2D eigenvalue weighted by atomic mass is 10.4. The zero-order chi connectivity index (χ0) is 7.56. The minimum atomic E-state index is 0.181. The first-order valence-corrected chi connectivity index (χ1v) is 2.84. The van der Waals surface area contributed by atoms with Gasteiger partial charge in [-0.3, -0.25) is 0 Å². The van der Waals surface area contributed by atoms with Crippen molar-refractivity contribution in [1.82, 2.24) is 4.98 Å². The van der Waals surface area contributed by atoms with Gasteiger partial charge in [-0.05, 0) is 13.0 Å². The highest BCUT2D eigenvalue weighted by atomic mass is 19.1. The molecule has 0 aliphatic heterocycles. The van der Waals surface area contributed by atoms with Crippen LogP contribution >= 0.6 is 0 Å². The topological polar surface area (TPSA) is 15.8 Å². The maximum Gasteiger partial charge on any atom is 0.111 e. The monoisotopic (exact) mass is 143 g/mol. The van der Waals surface area contributed by atoms with Crippen molar-refractivity contribution in [3.05, 3.63) is 22.3 Å². The van der Waals surface area contributed by atoms with E-state index in [2.05, 4.69) is 4.98 Å². The zero-order valence-corrected chi connectivity index (χ0v) is 5.49. The summed E-state index contributed by atoms with van der Waals surface area (Å²) in [5.74, 6) is 0. The minimum absolute atomic E-state index is 0.181. The number of aromatic amines is 1. The van der Waals surface area contributed by atoms with Crippen LogP contribution in [0.15, 0.2) is 6.07 Å². The fourth-order valence-electron chi connectivity index (χ4n) is 0.812. The van der Waals surface area contributed by atoms with Gasteiger partial charge in [0.2, 0.25) is 0 Å². The summed E-state index contributed by atoms with van der Waals surface area (Å²) < 4.78 is 23.7. The predicted molar refractivity (Wildman–Crippen MR) is 35.9 cm³/mol. The molecule has 0 atom stereocenters. The number of halogens is 2. The number of aromatic nitrogens is 1. The van der Waals surface area contributed by atoms with Crippen LogP contribution in [0.25, 0.3) is 12.7 Å². The van der Waals surface area contributed by atoms with E-state index in [1.807, 2.05) is 0 Å². The third kappa shape index (κ3) is 1.07. The van der Waals surface area contributed by atoms with Gasteiger partial charge in [-0.25, -0.2) is 8.78 Å². The van der Waals surface area contributed by atoms with Gasteiger partial charge in [-0.2, -0.15) is 0 Å². The van der Waals surface area contributed by atoms with E-state index >= 15 is 0 Å². The molecule has 54 valence electrons. The van der Waals surface area contributed by atoms with Crippen molar-refractivity contribution in [2.45, 2.75) is 6.92 Å². The van der Waals surface area contributed by atoms with Crippen LogP contribution in [0.4, 0.5) is 8.78 Å². The highest BCUT2D eigenvalue weighted by molar-refractivity contribution is 5.22. The van der Waals surface area contributed by atoms with Gasteiger partial charge in [0.1, 0.15) is 6.33 Å². The average Bonchev–Trinajstić information content (AvgIpc) is 2.30. The molecule has 1 heterocycles. The smallest absolute Gasteiger partial charge is 0.111 e. The molecule has 0 aliphatic rings. The summed E-state index contributed by atoms with van der Waals surface area (Å²) in [7, 11) is 0. The van der Waals surface area contributed by atoms with E-state index in [1.54, 1.807) is 6.92 Å². The van der Waals surface area contributed by atoms with Gasteiger partial charge in [0, 0.05) is 10.9 Å². The van der Waals surface area contributed by atoms with Gasteiger partial charge in [0.15, 0.2) is 0 Å². The molecule has 1 aromatic rings. The van der Waals surface area contributed by atoms with E-state index in [0.29, 0.717) is 12.7 Å². The van der Waals surface area contributed by atoms with Crippen molar-refractivity contribution in [2.75, 3.05) is 0 Å². The van der Waals surface area contributed by atoms with Gasteiger partial charge in [-0.15, -0.1) is 0 Å². The standard InChI is InChI=1S/C7H7F2N/c1-5-2-6(3-8)7(4-9)10-5/h2-4,10H,1H3/b6-3+,7-4-. The molecule has 1 N–H and O–H groups in total. The summed E-state index contributed by atoms with van der Waals surface area (Å²) in [6, 6.07) is 1.53. The van der Waals surface area contributed by atoms with Crippen LogP contribution < -0.4 is 10.6 Å². The number of H-pyrrole nitrogens is 1. The van der Waals surface area contributed by atoms with Crippen LogP contribution in [0, 0.1) is 6.92 Å². The van der Waals surface area contributed by atoms with Crippen LogP contribution in [0.1, 0.15) is 5.69 Å². The van der Waals surface area contributed by atoms with Crippen LogP contribution in [0.5, 0.6) is 0 Å². The van der Waals surface area contributed by atoms with Gasteiger partial charge < -0.3 is 4.98 Å². The van der Waals surface area contributed by atoms with Crippen molar-refractivity contribution < 1.29 is 8.78 Å². The molecule has 1 rings (SSSR count). The second kappa shape index (κ2) is 2.64. The van der Waals surface area contributed by atoms with E-state index < -0.39 is 0 Å². The number of hydrogen-bond acceptors (Lipinski definition) is 0. The fourth-order valence-corrected chi connectivity index (χ4v) is 0.812. The number of rotatable bonds is 0. The third-order valence-electron chi connectivity index (χ3n) is 1.24. The Labute approximate surface area is 56.7 Å². The summed E-state index contributed by atoms with van der Waals surface area (Å²) in [5.41, 5.74) is 0.743. The maximum atomic E-state index is 11.9.